The Hall–Kier alpha value is -3.54. The first-order chi connectivity index (χ1) is 22.5. The summed E-state index contributed by atoms with van der Waals surface area (Å²) in [5.74, 6) is -3.79. The van der Waals surface area contributed by atoms with E-state index in [0.717, 1.165) is 5.56 Å². The lowest BCUT2D eigenvalue weighted by atomic mass is 9.49. The van der Waals surface area contributed by atoms with Gasteiger partial charge in [0, 0.05) is 49.5 Å². The molecule has 2 N–H and O–H groups in total. The third kappa shape index (κ3) is 7.09. The highest BCUT2D eigenvalue weighted by atomic mass is 16.6. The molecule has 0 aliphatic heterocycles. The second kappa shape index (κ2) is 14.5. The Kier molecular flexibility index (Phi) is 11.3. The Morgan fingerprint density at radius 3 is 2.10 bits per heavy atom. The SMILES string of the molecule is C=C1C(OC(=O)CC(c2ccccc2)N(C)C)CCC2(C)C(OC(C)=O)C(OC(C)=O)C3=C(C)C(OC(C)=O)CC(C(O)C12)C3(C)CO. The highest BCUT2D eigenvalue weighted by molar-refractivity contribution is 5.71. The zero-order valence-corrected chi connectivity index (χ0v) is 29.4. The number of hydrogen-bond acceptors (Lipinski definition) is 11. The minimum Gasteiger partial charge on any atom is -0.458 e. The van der Waals surface area contributed by atoms with Gasteiger partial charge in [-0.1, -0.05) is 50.8 Å². The molecule has 1 aromatic carbocycles. The standard InChI is InChI=1S/C37H51NO10/c1-20-28(48-30(43)18-27(38(8)9)25-13-11-10-12-14-25)15-16-36(6)31(20)33(44)26-17-29(45-22(3)40)21(2)32(37(26,7)19-39)34(46-23(4)41)35(36)47-24(5)42/h10-14,26-29,31,33-35,39,44H,1,15-19H2,2-9H3. The van der Waals surface area contributed by atoms with Crippen molar-refractivity contribution in [3.63, 3.8) is 0 Å². The molecule has 2 bridgehead atoms. The number of carbonyl (C=O) groups is 4. The molecule has 2 fully saturated rings. The molecule has 11 nitrogen and oxygen atoms in total. The fourth-order valence-electron chi connectivity index (χ4n) is 8.61. The first-order valence-corrected chi connectivity index (χ1v) is 16.6. The molecule has 0 saturated heterocycles. The number of hydrogen-bond donors (Lipinski definition) is 2. The fourth-order valence-corrected chi connectivity index (χ4v) is 8.61. The lowest BCUT2D eigenvalue weighted by Gasteiger charge is -2.60. The average molecular weight is 670 g/mol. The maximum atomic E-state index is 13.5. The van der Waals surface area contributed by atoms with E-state index in [1.165, 1.54) is 20.8 Å². The highest BCUT2D eigenvalue weighted by Gasteiger charge is 2.64. The average Bonchev–Trinajstić information content (AvgIpc) is 3.00. The largest absolute Gasteiger partial charge is 0.458 e. The molecule has 0 spiro atoms. The van der Waals surface area contributed by atoms with E-state index in [9.17, 15) is 29.4 Å². The second-order valence-corrected chi connectivity index (χ2v) is 14.3. The van der Waals surface area contributed by atoms with Gasteiger partial charge >= 0.3 is 23.9 Å². The number of rotatable bonds is 9. The summed E-state index contributed by atoms with van der Waals surface area (Å²) < 4.78 is 23.9. The van der Waals surface area contributed by atoms with Gasteiger partial charge in [0.15, 0.2) is 6.10 Å². The van der Waals surface area contributed by atoms with E-state index in [1.54, 1.807) is 13.8 Å². The molecule has 11 heteroatoms. The molecule has 3 aliphatic carbocycles. The van der Waals surface area contributed by atoms with Crippen molar-refractivity contribution in [1.82, 2.24) is 4.90 Å². The summed E-state index contributed by atoms with van der Waals surface area (Å²) in [5, 5.41) is 23.5. The Labute approximate surface area is 283 Å². The number of ether oxygens (including phenoxy) is 4. The van der Waals surface area contributed by atoms with E-state index in [1.807, 2.05) is 56.3 Å². The molecule has 0 aromatic heterocycles. The summed E-state index contributed by atoms with van der Waals surface area (Å²) in [6.07, 6.45) is -4.19. The van der Waals surface area contributed by atoms with Gasteiger partial charge in [-0.05, 0) is 62.6 Å². The van der Waals surface area contributed by atoms with E-state index in [-0.39, 0.29) is 18.9 Å². The molecule has 10 unspecified atom stereocenters. The third-order valence-corrected chi connectivity index (χ3v) is 10.9. The zero-order valence-electron chi connectivity index (χ0n) is 29.4. The van der Waals surface area contributed by atoms with Crippen molar-refractivity contribution in [2.24, 2.45) is 22.7 Å². The molecule has 0 radical (unpaired) electrons. The Balaban J connectivity index is 1.81. The second-order valence-electron chi connectivity index (χ2n) is 14.3. The molecule has 3 aliphatic rings. The van der Waals surface area contributed by atoms with E-state index in [0.29, 0.717) is 29.6 Å². The number of aliphatic hydroxyl groups excluding tert-OH is 2. The van der Waals surface area contributed by atoms with Gasteiger partial charge in [-0.2, -0.15) is 0 Å². The van der Waals surface area contributed by atoms with E-state index < -0.39 is 83.7 Å². The minimum atomic E-state index is -1.21. The molecule has 264 valence electrons. The number of fused-ring (bicyclic) bond motifs is 3. The van der Waals surface area contributed by atoms with Crippen molar-refractivity contribution in [1.29, 1.82) is 0 Å². The molecular formula is C37H51NO10. The number of aliphatic hydroxyl groups is 2. The van der Waals surface area contributed by atoms with E-state index in [2.05, 4.69) is 6.58 Å². The van der Waals surface area contributed by atoms with Crippen LogP contribution in [-0.4, -0.2) is 90.2 Å². The summed E-state index contributed by atoms with van der Waals surface area (Å²) in [6, 6.07) is 9.43. The van der Waals surface area contributed by atoms with Gasteiger partial charge in [0.2, 0.25) is 0 Å². The predicted molar refractivity (Wildman–Crippen MR) is 176 cm³/mol. The summed E-state index contributed by atoms with van der Waals surface area (Å²) in [4.78, 5) is 53.1. The van der Waals surface area contributed by atoms with Gasteiger partial charge in [-0.3, -0.25) is 19.2 Å². The van der Waals surface area contributed by atoms with Gasteiger partial charge in [0.05, 0.1) is 19.1 Å². The summed E-state index contributed by atoms with van der Waals surface area (Å²) in [5.41, 5.74) is 0.180. The summed E-state index contributed by atoms with van der Waals surface area (Å²) in [7, 11) is 3.79. The number of carbonyl (C=O) groups excluding carboxylic acids is 4. The Bertz CT molecular complexity index is 1440. The normalized spacial score (nSPS) is 33.9. The topological polar surface area (TPSA) is 149 Å². The van der Waals surface area contributed by atoms with Crippen LogP contribution in [0, 0.1) is 22.7 Å². The van der Waals surface area contributed by atoms with Crippen LogP contribution in [0.3, 0.4) is 0 Å². The van der Waals surface area contributed by atoms with E-state index in [4.69, 9.17) is 18.9 Å². The highest BCUT2D eigenvalue weighted by Crippen LogP contribution is 2.60. The van der Waals surface area contributed by atoms with Crippen molar-refractivity contribution < 1.29 is 48.3 Å². The first kappa shape index (κ1) is 37.3. The number of benzene rings is 1. The first-order valence-electron chi connectivity index (χ1n) is 16.6. The van der Waals surface area contributed by atoms with Gasteiger partial charge in [-0.25, -0.2) is 0 Å². The van der Waals surface area contributed by atoms with Crippen LogP contribution in [0.4, 0.5) is 0 Å². The quantitative estimate of drug-likeness (QED) is 0.223. The summed E-state index contributed by atoms with van der Waals surface area (Å²) >= 11 is 0. The lowest BCUT2D eigenvalue weighted by Crippen LogP contribution is -2.64. The molecule has 0 heterocycles. The van der Waals surface area contributed by atoms with Crippen LogP contribution in [0.15, 0.2) is 53.6 Å². The fraction of sp³-hybridized carbons (Fsp3) is 0.622. The minimum absolute atomic E-state index is 0.0819. The molecule has 4 rings (SSSR count). The third-order valence-electron chi connectivity index (χ3n) is 10.9. The maximum absolute atomic E-state index is 13.5. The van der Waals surface area contributed by atoms with Gasteiger partial charge in [-0.15, -0.1) is 0 Å². The van der Waals surface area contributed by atoms with Crippen LogP contribution >= 0.6 is 0 Å². The Morgan fingerprint density at radius 2 is 1.56 bits per heavy atom. The van der Waals surface area contributed by atoms with Gasteiger partial charge < -0.3 is 34.1 Å². The van der Waals surface area contributed by atoms with Crippen molar-refractivity contribution in [3.8, 4) is 0 Å². The van der Waals surface area contributed by atoms with Crippen LogP contribution in [0.2, 0.25) is 0 Å². The lowest BCUT2D eigenvalue weighted by molar-refractivity contribution is -0.201. The van der Waals surface area contributed by atoms with Gasteiger partial charge in [0.25, 0.3) is 0 Å². The van der Waals surface area contributed by atoms with Crippen LogP contribution in [0.1, 0.15) is 78.8 Å². The molecule has 0 amide bonds. The molecule has 10 atom stereocenters. The van der Waals surface area contributed by atoms with Gasteiger partial charge in [0.1, 0.15) is 18.3 Å². The van der Waals surface area contributed by atoms with Crippen LogP contribution in [-0.2, 0) is 38.1 Å². The van der Waals surface area contributed by atoms with Crippen molar-refractivity contribution in [2.45, 2.75) is 104 Å². The molecule has 48 heavy (non-hydrogen) atoms. The monoisotopic (exact) mass is 669 g/mol. The molecule has 2 saturated carbocycles. The smallest absolute Gasteiger partial charge is 0.308 e. The van der Waals surface area contributed by atoms with Crippen LogP contribution < -0.4 is 0 Å². The van der Waals surface area contributed by atoms with Crippen molar-refractivity contribution in [3.05, 3.63) is 59.2 Å². The molecule has 1 aromatic rings. The van der Waals surface area contributed by atoms with Crippen molar-refractivity contribution in [2.75, 3.05) is 20.7 Å². The van der Waals surface area contributed by atoms with Crippen LogP contribution in [0.25, 0.3) is 0 Å². The predicted octanol–water partition coefficient (Wildman–Crippen LogP) is 4.07. The van der Waals surface area contributed by atoms with E-state index >= 15 is 0 Å². The zero-order chi connectivity index (χ0) is 35.7. The number of esters is 4. The Morgan fingerprint density at radius 1 is 0.958 bits per heavy atom. The maximum Gasteiger partial charge on any atom is 0.308 e. The number of nitrogens with zero attached hydrogens (tertiary/aromatic N) is 1. The van der Waals surface area contributed by atoms with Crippen molar-refractivity contribution >= 4 is 23.9 Å². The molecular weight excluding hydrogens is 618 g/mol. The summed E-state index contributed by atoms with van der Waals surface area (Å²) in [6.45, 7) is 13.1. The van der Waals surface area contributed by atoms with Crippen LogP contribution in [0.5, 0.6) is 0 Å².